The van der Waals surface area contributed by atoms with Crippen LogP contribution in [0.15, 0.2) is 36.9 Å². The molecule has 2 aromatic rings. The van der Waals surface area contributed by atoms with Crippen LogP contribution in [0.25, 0.3) is 0 Å². The van der Waals surface area contributed by atoms with Crippen molar-refractivity contribution in [3.8, 4) is 11.5 Å². The summed E-state index contributed by atoms with van der Waals surface area (Å²) in [6, 6.07) is 5.48. The van der Waals surface area contributed by atoms with Crippen LogP contribution < -0.4 is 20.1 Å². The molecule has 0 bridgehead atoms. The van der Waals surface area contributed by atoms with Crippen molar-refractivity contribution >= 4 is 6.03 Å². The molecule has 0 saturated heterocycles. The Morgan fingerprint density at radius 3 is 2.96 bits per heavy atom. The third kappa shape index (κ3) is 4.15. The zero-order chi connectivity index (χ0) is 16.1. The predicted octanol–water partition coefficient (Wildman–Crippen LogP) is 1.54. The maximum atomic E-state index is 11.9. The summed E-state index contributed by atoms with van der Waals surface area (Å²) in [6.45, 7) is 4.18. The molecule has 23 heavy (non-hydrogen) atoms. The van der Waals surface area contributed by atoms with Crippen LogP contribution in [0.3, 0.4) is 0 Å². The summed E-state index contributed by atoms with van der Waals surface area (Å²) < 4.78 is 12.9. The summed E-state index contributed by atoms with van der Waals surface area (Å²) >= 11 is 0. The van der Waals surface area contributed by atoms with Crippen molar-refractivity contribution in [2.75, 3.05) is 13.2 Å². The van der Waals surface area contributed by atoms with Crippen molar-refractivity contribution in [3.63, 3.8) is 0 Å². The fraction of sp³-hybridized carbons (Fsp3) is 0.375. The predicted molar refractivity (Wildman–Crippen MR) is 84.5 cm³/mol. The lowest BCUT2D eigenvalue weighted by molar-refractivity contribution is 0.171. The standard InChI is InChI=1S/C16H20N4O3/c1-12(10-20-5-4-17-11-20)19-16(21)18-9-13-2-3-14-15(8-13)23-7-6-22-14/h2-5,8,11-12H,6-7,9-10H2,1H3,(H2,18,19,21)/t12-/m1/s1. The minimum Gasteiger partial charge on any atom is -0.486 e. The fourth-order valence-electron chi connectivity index (χ4n) is 2.41. The van der Waals surface area contributed by atoms with Gasteiger partial charge in [0.15, 0.2) is 11.5 Å². The summed E-state index contributed by atoms with van der Waals surface area (Å²) in [7, 11) is 0. The number of imidazole rings is 1. The first-order valence-corrected chi connectivity index (χ1v) is 7.59. The van der Waals surface area contributed by atoms with Gasteiger partial charge >= 0.3 is 6.03 Å². The number of carbonyl (C=O) groups excluding carboxylic acids is 1. The van der Waals surface area contributed by atoms with Crippen LogP contribution in [0.2, 0.25) is 0 Å². The van der Waals surface area contributed by atoms with Gasteiger partial charge in [0, 0.05) is 31.5 Å². The van der Waals surface area contributed by atoms with E-state index in [0.29, 0.717) is 26.3 Å². The first-order chi connectivity index (χ1) is 11.2. The number of urea groups is 1. The minimum atomic E-state index is -0.201. The van der Waals surface area contributed by atoms with E-state index in [1.54, 1.807) is 12.5 Å². The van der Waals surface area contributed by atoms with Gasteiger partial charge < -0.3 is 24.7 Å². The van der Waals surface area contributed by atoms with Gasteiger partial charge in [-0.15, -0.1) is 0 Å². The molecule has 0 radical (unpaired) electrons. The van der Waals surface area contributed by atoms with Crippen LogP contribution in [0, 0.1) is 0 Å². The Morgan fingerprint density at radius 1 is 1.35 bits per heavy atom. The van der Waals surface area contributed by atoms with Crippen molar-refractivity contribution in [3.05, 3.63) is 42.5 Å². The number of fused-ring (bicyclic) bond motifs is 1. The van der Waals surface area contributed by atoms with E-state index in [9.17, 15) is 4.79 Å². The van der Waals surface area contributed by atoms with Gasteiger partial charge in [-0.2, -0.15) is 0 Å². The van der Waals surface area contributed by atoms with E-state index in [0.717, 1.165) is 17.1 Å². The summed E-state index contributed by atoms with van der Waals surface area (Å²) in [5, 5.41) is 5.74. The van der Waals surface area contributed by atoms with E-state index in [-0.39, 0.29) is 12.1 Å². The van der Waals surface area contributed by atoms with Crippen LogP contribution in [0.5, 0.6) is 11.5 Å². The number of carbonyl (C=O) groups is 1. The maximum Gasteiger partial charge on any atom is 0.315 e. The average molecular weight is 316 g/mol. The normalized spacial score (nSPS) is 14.1. The second kappa shape index (κ2) is 7.04. The molecule has 0 unspecified atom stereocenters. The molecule has 1 atom stereocenters. The van der Waals surface area contributed by atoms with Gasteiger partial charge in [0.1, 0.15) is 13.2 Å². The summed E-state index contributed by atoms with van der Waals surface area (Å²) in [5.41, 5.74) is 0.965. The second-order valence-electron chi connectivity index (χ2n) is 5.47. The highest BCUT2D eigenvalue weighted by molar-refractivity contribution is 5.74. The molecule has 0 fully saturated rings. The Bertz CT molecular complexity index is 657. The number of nitrogens with zero attached hydrogens (tertiary/aromatic N) is 2. The zero-order valence-corrected chi connectivity index (χ0v) is 13.0. The first-order valence-electron chi connectivity index (χ1n) is 7.59. The van der Waals surface area contributed by atoms with E-state index >= 15 is 0 Å². The molecule has 0 aliphatic carbocycles. The van der Waals surface area contributed by atoms with Gasteiger partial charge in [-0.25, -0.2) is 9.78 Å². The zero-order valence-electron chi connectivity index (χ0n) is 13.0. The molecule has 1 aromatic heterocycles. The van der Waals surface area contributed by atoms with Gasteiger partial charge in [0.25, 0.3) is 0 Å². The number of hydrogen-bond donors (Lipinski definition) is 2. The van der Waals surface area contributed by atoms with Crippen LogP contribution in [-0.4, -0.2) is 34.8 Å². The third-order valence-electron chi connectivity index (χ3n) is 3.48. The van der Waals surface area contributed by atoms with Gasteiger partial charge in [0.05, 0.1) is 6.33 Å². The Labute approximate surface area is 134 Å². The molecule has 1 aromatic carbocycles. The number of aromatic nitrogens is 2. The van der Waals surface area contributed by atoms with Crippen molar-refractivity contribution in [2.45, 2.75) is 26.1 Å². The lowest BCUT2D eigenvalue weighted by Crippen LogP contribution is -2.42. The SMILES string of the molecule is C[C@H](Cn1ccnc1)NC(=O)NCc1ccc2c(c1)OCCO2. The van der Waals surface area contributed by atoms with Gasteiger partial charge in [-0.05, 0) is 24.6 Å². The highest BCUT2D eigenvalue weighted by Crippen LogP contribution is 2.30. The third-order valence-corrected chi connectivity index (χ3v) is 3.48. The highest BCUT2D eigenvalue weighted by atomic mass is 16.6. The Balaban J connectivity index is 1.47. The first kappa shape index (κ1) is 15.2. The molecule has 2 N–H and O–H groups in total. The Kier molecular flexibility index (Phi) is 4.65. The van der Waals surface area contributed by atoms with E-state index in [1.165, 1.54) is 0 Å². The summed E-state index contributed by atoms with van der Waals surface area (Å²) in [4.78, 5) is 15.9. The van der Waals surface area contributed by atoms with E-state index in [1.807, 2.05) is 35.9 Å². The average Bonchev–Trinajstić information content (AvgIpc) is 3.05. The summed E-state index contributed by atoms with van der Waals surface area (Å²) in [5.74, 6) is 1.47. The molecular formula is C16H20N4O3. The van der Waals surface area contributed by atoms with Crippen LogP contribution in [0.1, 0.15) is 12.5 Å². The lowest BCUT2D eigenvalue weighted by atomic mass is 10.2. The molecular weight excluding hydrogens is 296 g/mol. The number of hydrogen-bond acceptors (Lipinski definition) is 4. The molecule has 1 aliphatic heterocycles. The molecule has 7 nitrogen and oxygen atoms in total. The molecule has 7 heteroatoms. The van der Waals surface area contributed by atoms with E-state index in [2.05, 4.69) is 15.6 Å². The Hall–Kier alpha value is -2.70. The van der Waals surface area contributed by atoms with Gasteiger partial charge in [-0.1, -0.05) is 6.07 Å². The molecule has 2 heterocycles. The fourth-order valence-corrected chi connectivity index (χ4v) is 2.41. The number of ether oxygens (including phenoxy) is 2. The van der Waals surface area contributed by atoms with E-state index < -0.39 is 0 Å². The number of amides is 2. The number of rotatable bonds is 5. The minimum absolute atomic E-state index is 0.00414. The monoisotopic (exact) mass is 316 g/mol. The van der Waals surface area contributed by atoms with Gasteiger partial charge in [-0.3, -0.25) is 0 Å². The highest BCUT2D eigenvalue weighted by Gasteiger charge is 2.12. The quantitative estimate of drug-likeness (QED) is 0.877. The topological polar surface area (TPSA) is 77.4 Å². The molecule has 3 rings (SSSR count). The van der Waals surface area contributed by atoms with Crippen molar-refractivity contribution in [1.82, 2.24) is 20.2 Å². The Morgan fingerprint density at radius 2 is 2.17 bits per heavy atom. The molecule has 0 saturated carbocycles. The van der Waals surface area contributed by atoms with Crippen molar-refractivity contribution in [1.29, 1.82) is 0 Å². The maximum absolute atomic E-state index is 11.9. The molecule has 122 valence electrons. The smallest absolute Gasteiger partial charge is 0.315 e. The van der Waals surface area contributed by atoms with Crippen LogP contribution >= 0.6 is 0 Å². The van der Waals surface area contributed by atoms with Crippen molar-refractivity contribution in [2.24, 2.45) is 0 Å². The van der Waals surface area contributed by atoms with Crippen LogP contribution in [-0.2, 0) is 13.1 Å². The van der Waals surface area contributed by atoms with Crippen molar-refractivity contribution < 1.29 is 14.3 Å². The molecule has 1 aliphatic rings. The summed E-state index contributed by atoms with van der Waals surface area (Å²) in [6.07, 6.45) is 5.31. The van der Waals surface area contributed by atoms with E-state index in [4.69, 9.17) is 9.47 Å². The van der Waals surface area contributed by atoms with Crippen LogP contribution in [0.4, 0.5) is 4.79 Å². The van der Waals surface area contributed by atoms with Gasteiger partial charge in [0.2, 0.25) is 0 Å². The largest absolute Gasteiger partial charge is 0.486 e. The number of nitrogens with one attached hydrogen (secondary N) is 2. The second-order valence-corrected chi connectivity index (χ2v) is 5.47. The lowest BCUT2D eigenvalue weighted by Gasteiger charge is -2.19. The number of benzene rings is 1. The molecule has 0 spiro atoms. The molecule has 2 amide bonds.